The standard InChI is InChI=1S/C19H15O3PS.2C18H15O3P.CO.Fe/c24-15-16-9-7-8-14-19(16)22-23(20-17-10-3-1-4-11-17)21-18-12-5-2-6-13-18;2*1-4-10-16(11-5-1)19-22(20-17-12-6-2-7-13-17)21-18-14-8-3-9-15-18;1-2;/h1-15H;2*1-15H;;/q-2;;;;+2. The van der Waals surface area contributed by atoms with Gasteiger partial charge in [-0.2, -0.15) is 11.6 Å². The van der Waals surface area contributed by atoms with E-state index in [4.69, 9.17) is 58.0 Å². The topological polar surface area (TPSA) is 103 Å². The molecule has 9 aromatic rings. The Kier molecular flexibility index (Phi) is 25.3. The fourth-order valence-corrected chi connectivity index (χ4v) is 8.66. The fraction of sp³-hybridized carbons (Fsp3) is 0. The number of hydrogen-bond donors (Lipinski definition) is 0. The average molecular weight is 1060 g/mol. The molecule has 0 aliphatic carbocycles. The van der Waals surface area contributed by atoms with Crippen molar-refractivity contribution >= 4 is 38.4 Å². The minimum absolute atomic E-state index is 0. The SMILES string of the molecule is [C-]#[O+].[Fe+2].[S-][CH-]c1ccccc1OP(Oc1ccccc1)Oc1ccccc1.c1ccc(OP(Oc2ccccc2)Oc2ccccc2)cc1.c1ccc(OP(Oc2ccccc2)Oc2ccccc2)cc1. The van der Waals surface area contributed by atoms with Crippen molar-refractivity contribution in [1.29, 1.82) is 0 Å². The maximum Gasteiger partial charge on any atom is 2.00 e. The molecule has 0 bridgehead atoms. The summed E-state index contributed by atoms with van der Waals surface area (Å²) in [5.41, 5.74) is 0.813. The van der Waals surface area contributed by atoms with Crippen molar-refractivity contribution in [2.45, 2.75) is 0 Å². The molecule has 0 atom stereocenters. The van der Waals surface area contributed by atoms with Crippen LogP contribution in [0.1, 0.15) is 5.56 Å². The Hall–Kier alpha value is -7.05. The molecule has 0 heterocycles. The summed E-state index contributed by atoms with van der Waals surface area (Å²) in [6.07, 6.45) is 0. The minimum atomic E-state index is -1.68. The average Bonchev–Trinajstić information content (AvgIpc) is 3.42. The zero-order valence-electron chi connectivity index (χ0n) is 37.7. The van der Waals surface area contributed by atoms with Gasteiger partial charge in [-0.3, -0.25) is 0 Å². The van der Waals surface area contributed by atoms with Gasteiger partial charge in [0.15, 0.2) is 0 Å². The Morgan fingerprint density at radius 2 is 0.437 bits per heavy atom. The van der Waals surface area contributed by atoms with Crippen molar-refractivity contribution in [2.24, 2.45) is 0 Å². The molecular formula is C56H45FeO10P3S. The van der Waals surface area contributed by atoms with Crippen molar-refractivity contribution in [3.05, 3.63) is 285 Å². The van der Waals surface area contributed by atoms with Gasteiger partial charge in [-0.05, 0) is 97.1 Å². The van der Waals surface area contributed by atoms with Gasteiger partial charge in [0.2, 0.25) is 0 Å². The third-order valence-electron chi connectivity index (χ3n) is 8.60. The number of para-hydroxylation sites is 9. The van der Waals surface area contributed by atoms with Gasteiger partial charge in [0.25, 0.3) is 0 Å². The number of rotatable bonds is 19. The Morgan fingerprint density at radius 1 is 0.268 bits per heavy atom. The summed E-state index contributed by atoms with van der Waals surface area (Å²) >= 11 is 5.04. The van der Waals surface area contributed by atoms with Crippen molar-refractivity contribution in [3.8, 4) is 51.7 Å². The van der Waals surface area contributed by atoms with Crippen LogP contribution in [0.3, 0.4) is 0 Å². The van der Waals surface area contributed by atoms with Crippen LogP contribution in [0.4, 0.5) is 0 Å². The summed E-state index contributed by atoms with van der Waals surface area (Å²) in [7, 11) is -4.86. The molecule has 358 valence electrons. The molecule has 0 aliphatic rings. The first kappa shape index (κ1) is 54.9. The summed E-state index contributed by atoms with van der Waals surface area (Å²) in [4.78, 5) is 0. The summed E-state index contributed by atoms with van der Waals surface area (Å²) < 4.78 is 60.3. The number of hydrogen-bond acceptors (Lipinski definition) is 10. The second-order valence-electron chi connectivity index (χ2n) is 13.7. The van der Waals surface area contributed by atoms with Crippen LogP contribution >= 0.6 is 25.8 Å². The summed E-state index contributed by atoms with van der Waals surface area (Å²) in [6, 6.07) is 83.4. The first-order chi connectivity index (χ1) is 34.6. The minimum Gasteiger partial charge on any atom is -0.846 e. The van der Waals surface area contributed by atoms with Gasteiger partial charge < -0.3 is 59.1 Å². The smallest absolute Gasteiger partial charge is 0.846 e. The van der Waals surface area contributed by atoms with Gasteiger partial charge in [-0.25, -0.2) is 0 Å². The van der Waals surface area contributed by atoms with Crippen LogP contribution in [0.2, 0.25) is 0 Å². The summed E-state index contributed by atoms with van der Waals surface area (Å²) in [5, 5.41) is 0. The second kappa shape index (κ2) is 32.7. The maximum absolute atomic E-state index is 7.50. The van der Waals surface area contributed by atoms with Crippen LogP contribution < -0.4 is 40.7 Å². The maximum atomic E-state index is 7.50. The first-order valence-corrected chi connectivity index (χ1v) is 25.1. The molecule has 0 saturated heterocycles. The third-order valence-corrected chi connectivity index (χ3v) is 12.1. The Morgan fingerprint density at radius 3 is 0.634 bits per heavy atom. The molecular weight excluding hydrogens is 1010 g/mol. The molecule has 9 aromatic carbocycles. The van der Waals surface area contributed by atoms with E-state index < -0.39 is 25.8 Å². The van der Waals surface area contributed by atoms with Crippen LogP contribution in [0.25, 0.3) is 0 Å². The van der Waals surface area contributed by atoms with Gasteiger partial charge >= 0.3 is 54.2 Å². The second-order valence-corrected chi connectivity index (χ2v) is 16.9. The van der Waals surface area contributed by atoms with Gasteiger partial charge in [0.1, 0.15) is 46.0 Å². The van der Waals surface area contributed by atoms with Gasteiger partial charge in [-0.15, -0.1) is 6.07 Å². The van der Waals surface area contributed by atoms with E-state index in [1.54, 1.807) is 5.75 Å². The molecule has 0 amide bonds. The molecule has 71 heavy (non-hydrogen) atoms. The molecule has 0 aromatic heterocycles. The van der Waals surface area contributed by atoms with Gasteiger partial charge in [0, 0.05) is 5.75 Å². The monoisotopic (exact) mass is 1060 g/mol. The van der Waals surface area contributed by atoms with E-state index in [1.807, 2.05) is 267 Å². The predicted octanol–water partition coefficient (Wildman–Crippen LogP) is 16.4. The molecule has 10 nitrogen and oxygen atoms in total. The van der Waals surface area contributed by atoms with E-state index in [-0.39, 0.29) is 17.1 Å². The Bertz CT molecular complexity index is 2400. The molecule has 0 spiro atoms. The van der Waals surface area contributed by atoms with E-state index in [0.717, 1.165) is 5.56 Å². The van der Waals surface area contributed by atoms with Crippen LogP contribution in [0, 0.1) is 12.4 Å². The van der Waals surface area contributed by atoms with E-state index >= 15 is 0 Å². The van der Waals surface area contributed by atoms with Crippen LogP contribution in [-0.4, -0.2) is 0 Å². The van der Waals surface area contributed by atoms with Gasteiger partial charge in [0.05, 0.1) is 0 Å². The van der Waals surface area contributed by atoms with Gasteiger partial charge in [-0.1, -0.05) is 158 Å². The van der Waals surface area contributed by atoms with Crippen LogP contribution in [0.15, 0.2) is 267 Å². The van der Waals surface area contributed by atoms with E-state index in [2.05, 4.69) is 6.65 Å². The van der Waals surface area contributed by atoms with Crippen molar-refractivity contribution in [3.63, 3.8) is 0 Å². The fourth-order valence-electron chi connectivity index (χ4n) is 5.45. The summed E-state index contributed by atoms with van der Waals surface area (Å²) in [5.74, 6) is 7.82. The van der Waals surface area contributed by atoms with E-state index in [9.17, 15) is 0 Å². The Labute approximate surface area is 435 Å². The predicted molar refractivity (Wildman–Crippen MR) is 279 cm³/mol. The molecule has 0 aliphatic heterocycles. The number of benzene rings is 9. The Balaban J connectivity index is 0.000000193. The normalized spacial score (nSPS) is 9.83. The largest absolute Gasteiger partial charge is 2.00 e. The molecule has 0 radical (unpaired) electrons. The summed E-state index contributed by atoms with van der Waals surface area (Å²) in [6.45, 7) is 4.50. The molecule has 15 heteroatoms. The third kappa shape index (κ3) is 20.8. The van der Waals surface area contributed by atoms with E-state index in [0.29, 0.717) is 51.7 Å². The van der Waals surface area contributed by atoms with E-state index in [1.165, 1.54) is 0 Å². The molecule has 0 saturated carbocycles. The van der Waals surface area contributed by atoms with Crippen molar-refractivity contribution in [2.75, 3.05) is 0 Å². The zero-order chi connectivity index (χ0) is 48.7. The molecule has 0 fully saturated rings. The van der Waals surface area contributed by atoms with Crippen LogP contribution in [-0.2, 0) is 34.3 Å². The molecule has 0 N–H and O–H groups in total. The van der Waals surface area contributed by atoms with Crippen molar-refractivity contribution < 1.29 is 62.4 Å². The van der Waals surface area contributed by atoms with Crippen LogP contribution in [0.5, 0.6) is 51.7 Å². The zero-order valence-corrected chi connectivity index (χ0v) is 42.3. The van der Waals surface area contributed by atoms with Crippen molar-refractivity contribution in [1.82, 2.24) is 0 Å². The molecule has 0 unspecified atom stereocenters. The first-order valence-electron chi connectivity index (χ1n) is 21.3. The quantitative estimate of drug-likeness (QED) is 0.0256. The molecule has 9 rings (SSSR count).